The smallest absolute Gasteiger partial charge is 0.341 e. The van der Waals surface area contributed by atoms with Crippen molar-refractivity contribution in [3.05, 3.63) is 53.5 Å². The van der Waals surface area contributed by atoms with Crippen LogP contribution in [0.4, 0.5) is 0 Å². The molecule has 1 heterocycles. The van der Waals surface area contributed by atoms with Gasteiger partial charge in [-0.2, -0.15) is 0 Å². The minimum Gasteiger partial charge on any atom is -0.482 e. The first-order chi connectivity index (χ1) is 12.5. The van der Waals surface area contributed by atoms with Gasteiger partial charge in [-0.3, -0.25) is 9.59 Å². The number of carboxylic acids is 1. The average molecular weight is 360 g/mol. The molecule has 8 nitrogen and oxygen atoms in total. The number of carboxylic acid groups (broad SMARTS) is 1. The molecule has 2 aromatic rings. The highest BCUT2D eigenvalue weighted by molar-refractivity contribution is 5.94. The SMILES string of the molecule is Cc1ccoc1C(=O)NCCCNC(=O)c1cccc(OCC(=O)O)c1. The van der Waals surface area contributed by atoms with Crippen LogP contribution in [0.3, 0.4) is 0 Å². The number of nitrogens with one attached hydrogen (secondary N) is 2. The van der Waals surface area contributed by atoms with Crippen LogP contribution in [0.25, 0.3) is 0 Å². The Bertz CT molecular complexity index is 783. The summed E-state index contributed by atoms with van der Waals surface area (Å²) in [6.45, 7) is 2.07. The van der Waals surface area contributed by atoms with Crippen molar-refractivity contribution in [3.8, 4) is 5.75 Å². The first-order valence-electron chi connectivity index (χ1n) is 8.02. The van der Waals surface area contributed by atoms with E-state index in [4.69, 9.17) is 14.3 Å². The Hall–Kier alpha value is -3.29. The Morgan fingerprint density at radius 2 is 1.85 bits per heavy atom. The van der Waals surface area contributed by atoms with Gasteiger partial charge < -0.3 is 24.9 Å². The molecular formula is C18H20N2O6. The third kappa shape index (κ3) is 5.66. The van der Waals surface area contributed by atoms with Crippen molar-refractivity contribution < 1.29 is 28.6 Å². The second-order valence-corrected chi connectivity index (χ2v) is 5.51. The maximum absolute atomic E-state index is 12.1. The Morgan fingerprint density at radius 3 is 2.50 bits per heavy atom. The van der Waals surface area contributed by atoms with Crippen molar-refractivity contribution in [1.29, 1.82) is 0 Å². The van der Waals surface area contributed by atoms with Crippen molar-refractivity contribution in [3.63, 3.8) is 0 Å². The lowest BCUT2D eigenvalue weighted by molar-refractivity contribution is -0.139. The van der Waals surface area contributed by atoms with Crippen molar-refractivity contribution in [2.45, 2.75) is 13.3 Å². The normalized spacial score (nSPS) is 10.2. The van der Waals surface area contributed by atoms with Gasteiger partial charge in [-0.15, -0.1) is 0 Å². The number of benzene rings is 1. The van der Waals surface area contributed by atoms with E-state index in [-0.39, 0.29) is 17.6 Å². The standard InChI is InChI=1S/C18H20N2O6/c1-12-6-9-25-16(12)18(24)20-8-3-7-19-17(23)13-4-2-5-14(10-13)26-11-15(21)22/h2,4-6,9-10H,3,7-8,11H2,1H3,(H,19,23)(H,20,24)(H,21,22). The number of hydrogen-bond donors (Lipinski definition) is 3. The summed E-state index contributed by atoms with van der Waals surface area (Å²) >= 11 is 0. The molecule has 0 fully saturated rings. The molecule has 1 aromatic carbocycles. The molecule has 0 saturated heterocycles. The number of carbonyl (C=O) groups is 3. The second-order valence-electron chi connectivity index (χ2n) is 5.51. The number of amides is 2. The molecule has 1 aromatic heterocycles. The van der Waals surface area contributed by atoms with Gasteiger partial charge in [0.2, 0.25) is 0 Å². The van der Waals surface area contributed by atoms with Crippen LogP contribution in [0.15, 0.2) is 41.0 Å². The predicted molar refractivity (Wildman–Crippen MR) is 92.3 cm³/mol. The molecule has 3 N–H and O–H groups in total. The molecule has 0 aliphatic heterocycles. The van der Waals surface area contributed by atoms with Gasteiger partial charge in [0, 0.05) is 24.2 Å². The summed E-state index contributed by atoms with van der Waals surface area (Å²) in [7, 11) is 0. The molecule has 2 amide bonds. The van der Waals surface area contributed by atoms with Crippen LogP contribution >= 0.6 is 0 Å². The Balaban J connectivity index is 1.72. The first kappa shape index (κ1) is 19.0. The van der Waals surface area contributed by atoms with Gasteiger partial charge >= 0.3 is 5.97 Å². The lowest BCUT2D eigenvalue weighted by atomic mass is 10.2. The Labute approximate surface area is 150 Å². The predicted octanol–water partition coefficient (Wildman–Crippen LogP) is 1.60. The minimum atomic E-state index is -1.09. The van der Waals surface area contributed by atoms with Crippen molar-refractivity contribution >= 4 is 17.8 Å². The molecule has 0 unspecified atom stereocenters. The molecule has 8 heteroatoms. The lowest BCUT2D eigenvalue weighted by Gasteiger charge is -2.08. The molecular weight excluding hydrogens is 340 g/mol. The maximum atomic E-state index is 12.1. The Kier molecular flexibility index (Phi) is 6.78. The summed E-state index contributed by atoms with van der Waals surface area (Å²) in [6, 6.07) is 7.97. The van der Waals surface area contributed by atoms with E-state index in [0.717, 1.165) is 5.56 Å². The number of ether oxygens (including phenoxy) is 1. The van der Waals surface area contributed by atoms with Crippen LogP contribution < -0.4 is 15.4 Å². The largest absolute Gasteiger partial charge is 0.482 e. The van der Waals surface area contributed by atoms with E-state index in [2.05, 4.69) is 10.6 Å². The van der Waals surface area contributed by atoms with Gasteiger partial charge in [-0.1, -0.05) is 6.07 Å². The topological polar surface area (TPSA) is 118 Å². The fraction of sp³-hybridized carbons (Fsp3) is 0.278. The number of hydrogen-bond acceptors (Lipinski definition) is 5. The maximum Gasteiger partial charge on any atom is 0.341 e. The first-order valence-corrected chi connectivity index (χ1v) is 8.02. The fourth-order valence-corrected chi connectivity index (χ4v) is 2.15. The lowest BCUT2D eigenvalue weighted by Crippen LogP contribution is -2.30. The van der Waals surface area contributed by atoms with E-state index >= 15 is 0 Å². The van der Waals surface area contributed by atoms with E-state index in [0.29, 0.717) is 30.8 Å². The summed E-state index contributed by atoms with van der Waals surface area (Å²) < 4.78 is 10.1. The van der Waals surface area contributed by atoms with Crippen molar-refractivity contribution in [2.75, 3.05) is 19.7 Å². The van der Waals surface area contributed by atoms with Crippen LogP contribution in [0, 0.1) is 6.92 Å². The van der Waals surface area contributed by atoms with E-state index in [9.17, 15) is 14.4 Å². The van der Waals surface area contributed by atoms with Gasteiger partial charge in [-0.05, 0) is 37.6 Å². The quantitative estimate of drug-likeness (QED) is 0.585. The molecule has 138 valence electrons. The summed E-state index contributed by atoms with van der Waals surface area (Å²) in [5.74, 6) is -1.10. The third-order valence-electron chi connectivity index (χ3n) is 3.45. The van der Waals surface area contributed by atoms with E-state index in [1.54, 1.807) is 31.2 Å². The van der Waals surface area contributed by atoms with E-state index in [1.807, 2.05) is 0 Å². The number of furan rings is 1. The Morgan fingerprint density at radius 1 is 1.12 bits per heavy atom. The van der Waals surface area contributed by atoms with Gasteiger partial charge in [0.15, 0.2) is 12.4 Å². The van der Waals surface area contributed by atoms with Crippen LogP contribution in [-0.4, -0.2) is 42.6 Å². The molecule has 26 heavy (non-hydrogen) atoms. The molecule has 0 aliphatic carbocycles. The van der Waals surface area contributed by atoms with Crippen LogP contribution in [0.5, 0.6) is 5.75 Å². The fourth-order valence-electron chi connectivity index (χ4n) is 2.15. The molecule has 0 aliphatic rings. The molecule has 0 radical (unpaired) electrons. The number of aryl methyl sites for hydroxylation is 1. The molecule has 0 atom stereocenters. The van der Waals surface area contributed by atoms with Crippen molar-refractivity contribution in [2.24, 2.45) is 0 Å². The van der Waals surface area contributed by atoms with E-state index < -0.39 is 12.6 Å². The van der Waals surface area contributed by atoms with Gasteiger partial charge in [0.1, 0.15) is 5.75 Å². The zero-order valence-corrected chi connectivity index (χ0v) is 14.3. The van der Waals surface area contributed by atoms with Crippen LogP contribution in [0.2, 0.25) is 0 Å². The third-order valence-corrected chi connectivity index (χ3v) is 3.45. The zero-order valence-electron chi connectivity index (χ0n) is 14.3. The molecule has 0 spiro atoms. The van der Waals surface area contributed by atoms with Crippen LogP contribution in [0.1, 0.15) is 32.9 Å². The summed E-state index contributed by atoms with van der Waals surface area (Å²) in [4.78, 5) is 34.4. The van der Waals surface area contributed by atoms with Gasteiger partial charge in [0.05, 0.1) is 6.26 Å². The van der Waals surface area contributed by atoms with E-state index in [1.165, 1.54) is 12.3 Å². The summed E-state index contributed by atoms with van der Waals surface area (Å²) in [5, 5.41) is 14.0. The van der Waals surface area contributed by atoms with Gasteiger partial charge in [0.25, 0.3) is 11.8 Å². The summed E-state index contributed by atoms with van der Waals surface area (Å²) in [6.07, 6.45) is 2.01. The number of rotatable bonds is 9. The second kappa shape index (κ2) is 9.26. The highest BCUT2D eigenvalue weighted by Crippen LogP contribution is 2.13. The average Bonchev–Trinajstić information content (AvgIpc) is 3.05. The number of carbonyl (C=O) groups excluding carboxylic acids is 2. The molecule has 0 saturated carbocycles. The van der Waals surface area contributed by atoms with Crippen LogP contribution in [-0.2, 0) is 4.79 Å². The van der Waals surface area contributed by atoms with Gasteiger partial charge in [-0.25, -0.2) is 4.79 Å². The highest BCUT2D eigenvalue weighted by atomic mass is 16.5. The molecule has 2 rings (SSSR count). The highest BCUT2D eigenvalue weighted by Gasteiger charge is 2.11. The summed E-state index contributed by atoms with van der Waals surface area (Å²) in [5.41, 5.74) is 1.13. The minimum absolute atomic E-state index is 0.284. The molecule has 0 bridgehead atoms. The monoisotopic (exact) mass is 360 g/mol. The number of aliphatic carboxylic acids is 1. The zero-order chi connectivity index (χ0) is 18.9. The van der Waals surface area contributed by atoms with Crippen molar-refractivity contribution in [1.82, 2.24) is 10.6 Å².